The topological polar surface area (TPSA) is 46.0 Å². The number of para-hydroxylation sites is 1. The third kappa shape index (κ3) is 4.25. The molecule has 0 aromatic heterocycles. The highest BCUT2D eigenvalue weighted by Crippen LogP contribution is 2.62. The lowest BCUT2D eigenvalue weighted by Gasteiger charge is -2.39. The highest BCUT2D eigenvalue weighted by Gasteiger charge is 2.51. The van der Waals surface area contributed by atoms with Gasteiger partial charge in [0.05, 0.1) is 5.41 Å². The number of benzene rings is 7. The molecule has 7 aromatic carbocycles. The summed E-state index contributed by atoms with van der Waals surface area (Å²) in [6, 6.07) is 61.9. The second-order valence-corrected chi connectivity index (χ2v) is 12.9. The van der Waals surface area contributed by atoms with E-state index >= 15 is 0 Å². The minimum absolute atomic E-state index is 0.282. The highest BCUT2D eigenvalue weighted by molar-refractivity contribution is 6.15. The molecule has 0 saturated carbocycles. The molecule has 1 N–H and O–H groups in total. The van der Waals surface area contributed by atoms with E-state index in [0.717, 1.165) is 56.3 Å². The number of hydrogen-bond acceptors (Lipinski definition) is 4. The summed E-state index contributed by atoms with van der Waals surface area (Å²) >= 11 is 0. The molecule has 4 nitrogen and oxygen atoms in total. The van der Waals surface area contributed by atoms with Crippen LogP contribution in [0, 0.1) is 0 Å². The number of rotatable bonds is 4. The van der Waals surface area contributed by atoms with Crippen molar-refractivity contribution in [2.45, 2.75) is 11.6 Å². The number of hydrogen-bond donors (Lipinski definition) is 1. The molecular weight excluding hydrogens is 611 g/mol. The number of amidine groups is 2. The van der Waals surface area contributed by atoms with Crippen molar-refractivity contribution in [2.75, 3.05) is 0 Å². The first kappa shape index (κ1) is 28.5. The van der Waals surface area contributed by atoms with Crippen LogP contribution in [0.1, 0.15) is 45.1 Å². The molecule has 1 atom stereocenters. The summed E-state index contributed by atoms with van der Waals surface area (Å²) in [6.07, 6.45) is -0.282. The van der Waals surface area contributed by atoms with E-state index in [1.165, 1.54) is 22.3 Å². The first-order valence-corrected chi connectivity index (χ1v) is 17.0. The van der Waals surface area contributed by atoms with Crippen molar-refractivity contribution >= 4 is 11.7 Å². The summed E-state index contributed by atoms with van der Waals surface area (Å²) < 4.78 is 6.70. The summed E-state index contributed by atoms with van der Waals surface area (Å²) in [5.41, 5.74) is 12.0. The van der Waals surface area contributed by atoms with Crippen LogP contribution >= 0.6 is 0 Å². The Bertz CT molecular complexity index is 2450. The molecule has 50 heavy (non-hydrogen) atoms. The van der Waals surface area contributed by atoms with E-state index in [1.807, 2.05) is 24.3 Å². The number of nitrogens with zero attached hydrogens (tertiary/aromatic N) is 2. The molecule has 3 aliphatic rings. The van der Waals surface area contributed by atoms with Gasteiger partial charge in [0.15, 0.2) is 5.84 Å². The molecule has 0 bridgehead atoms. The fraction of sp³-hybridized carbons (Fsp3) is 0.0435. The lowest BCUT2D eigenvalue weighted by molar-refractivity contribution is 0.436. The maximum atomic E-state index is 6.70. The van der Waals surface area contributed by atoms with Gasteiger partial charge >= 0.3 is 0 Å². The van der Waals surface area contributed by atoms with Crippen LogP contribution in [0.2, 0.25) is 0 Å². The van der Waals surface area contributed by atoms with Crippen LogP contribution in [-0.2, 0) is 5.41 Å². The third-order valence-corrected chi connectivity index (χ3v) is 10.2. The zero-order valence-electron chi connectivity index (χ0n) is 27.1. The van der Waals surface area contributed by atoms with E-state index in [9.17, 15) is 0 Å². The molecule has 0 fully saturated rings. The Morgan fingerprint density at radius 1 is 0.460 bits per heavy atom. The summed E-state index contributed by atoms with van der Waals surface area (Å²) in [4.78, 5) is 10.4. The Balaban J connectivity index is 1.19. The molecule has 1 aliphatic carbocycles. The zero-order valence-corrected chi connectivity index (χ0v) is 27.1. The molecule has 2 aliphatic heterocycles. The minimum atomic E-state index is -0.536. The van der Waals surface area contributed by atoms with Gasteiger partial charge in [-0.15, -0.1) is 0 Å². The van der Waals surface area contributed by atoms with E-state index in [2.05, 4.69) is 157 Å². The normalized spacial score (nSPS) is 16.1. The Morgan fingerprint density at radius 3 is 1.74 bits per heavy atom. The molecule has 2 heterocycles. The average molecular weight is 642 g/mol. The predicted molar refractivity (Wildman–Crippen MR) is 201 cm³/mol. The Hall–Kier alpha value is -6.52. The Labute approximate surface area is 291 Å². The zero-order chi connectivity index (χ0) is 33.1. The van der Waals surface area contributed by atoms with Crippen LogP contribution in [0.4, 0.5) is 0 Å². The lowest BCUT2D eigenvalue weighted by atomic mass is 9.65. The summed E-state index contributed by atoms with van der Waals surface area (Å²) in [7, 11) is 0. The van der Waals surface area contributed by atoms with Crippen molar-refractivity contribution < 1.29 is 4.74 Å². The van der Waals surface area contributed by atoms with Gasteiger partial charge < -0.3 is 10.1 Å². The minimum Gasteiger partial charge on any atom is -0.457 e. The van der Waals surface area contributed by atoms with Crippen LogP contribution in [0.5, 0.6) is 11.5 Å². The molecule has 0 saturated heterocycles. The summed E-state index contributed by atoms with van der Waals surface area (Å²) in [5.74, 6) is 3.24. The monoisotopic (exact) mass is 641 g/mol. The van der Waals surface area contributed by atoms with Crippen LogP contribution < -0.4 is 10.1 Å². The Morgan fingerprint density at radius 2 is 1.02 bits per heavy atom. The van der Waals surface area contributed by atoms with Crippen LogP contribution in [0.15, 0.2) is 186 Å². The molecular formula is C46H31N3O. The maximum absolute atomic E-state index is 6.70. The standard InChI is InChI=1S/C46H31N3O/c1-3-15-30(16-4-1)43-47-44(31-17-5-2-6-18-31)49-45(48-43)36-22-8-7-19-33(36)32-27-28-42-40(29-32)46(39-25-13-14-26-41(39)50-42)37-23-11-9-20-34(37)35-21-10-12-24-38(35)46/h1-29,43H,(H,47,48,49). The smallest absolute Gasteiger partial charge is 0.160 e. The van der Waals surface area contributed by atoms with E-state index in [0.29, 0.717) is 5.84 Å². The van der Waals surface area contributed by atoms with E-state index in [4.69, 9.17) is 14.7 Å². The lowest BCUT2D eigenvalue weighted by Crippen LogP contribution is -2.33. The van der Waals surface area contributed by atoms with Gasteiger partial charge in [0.1, 0.15) is 23.5 Å². The largest absolute Gasteiger partial charge is 0.457 e. The molecule has 236 valence electrons. The fourth-order valence-electron chi connectivity index (χ4n) is 8.07. The number of nitrogens with one attached hydrogen (secondary N) is 1. The van der Waals surface area contributed by atoms with Gasteiger partial charge in [-0.2, -0.15) is 0 Å². The van der Waals surface area contributed by atoms with Crippen molar-refractivity contribution in [1.29, 1.82) is 0 Å². The molecule has 10 rings (SSSR count). The summed E-state index contributed by atoms with van der Waals surface area (Å²) in [5, 5.41) is 3.59. The highest BCUT2D eigenvalue weighted by atomic mass is 16.5. The molecule has 1 unspecified atom stereocenters. The Kier molecular flexibility index (Phi) is 6.43. The molecule has 0 amide bonds. The van der Waals surface area contributed by atoms with Crippen LogP contribution in [0.25, 0.3) is 22.3 Å². The van der Waals surface area contributed by atoms with Gasteiger partial charge in [0.2, 0.25) is 0 Å². The number of ether oxygens (including phenoxy) is 1. The van der Waals surface area contributed by atoms with Gasteiger partial charge in [0, 0.05) is 22.3 Å². The second-order valence-electron chi connectivity index (χ2n) is 12.9. The van der Waals surface area contributed by atoms with Gasteiger partial charge in [0.25, 0.3) is 0 Å². The first-order chi connectivity index (χ1) is 24.8. The van der Waals surface area contributed by atoms with E-state index in [1.54, 1.807) is 0 Å². The fourth-order valence-corrected chi connectivity index (χ4v) is 8.07. The van der Waals surface area contributed by atoms with Gasteiger partial charge in [-0.1, -0.05) is 158 Å². The predicted octanol–water partition coefficient (Wildman–Crippen LogP) is 10.3. The third-order valence-electron chi connectivity index (χ3n) is 10.2. The number of aliphatic imine (C=N–C) groups is 2. The van der Waals surface area contributed by atoms with Crippen molar-refractivity contribution in [3.63, 3.8) is 0 Å². The van der Waals surface area contributed by atoms with Crippen LogP contribution in [0.3, 0.4) is 0 Å². The second kappa shape index (κ2) is 11.3. The van der Waals surface area contributed by atoms with E-state index < -0.39 is 5.41 Å². The average Bonchev–Trinajstić information content (AvgIpc) is 3.49. The van der Waals surface area contributed by atoms with Gasteiger partial charge in [-0.05, 0) is 57.1 Å². The van der Waals surface area contributed by atoms with Gasteiger partial charge in [-0.3, -0.25) is 0 Å². The first-order valence-electron chi connectivity index (χ1n) is 17.0. The molecule has 0 radical (unpaired) electrons. The number of fused-ring (bicyclic) bond motifs is 9. The molecule has 7 aromatic rings. The SMILES string of the molecule is c1ccc(C2=NC(c3ccccc3-c3ccc4c(c3)C3(c5ccccc5O4)c4ccccc4-c4ccccc43)=NC(c3ccccc3)N2)cc1. The van der Waals surface area contributed by atoms with E-state index in [-0.39, 0.29) is 6.17 Å². The van der Waals surface area contributed by atoms with Crippen molar-refractivity contribution in [3.05, 3.63) is 215 Å². The maximum Gasteiger partial charge on any atom is 0.160 e. The van der Waals surface area contributed by atoms with Gasteiger partial charge in [-0.25, -0.2) is 9.98 Å². The van der Waals surface area contributed by atoms with Crippen molar-refractivity contribution in [1.82, 2.24) is 5.32 Å². The van der Waals surface area contributed by atoms with Crippen LogP contribution in [-0.4, -0.2) is 11.7 Å². The van der Waals surface area contributed by atoms with Crippen molar-refractivity contribution in [3.8, 4) is 33.8 Å². The van der Waals surface area contributed by atoms with Crippen molar-refractivity contribution in [2.24, 2.45) is 9.98 Å². The quantitative estimate of drug-likeness (QED) is 0.208. The molecule has 1 spiro atoms. The molecule has 4 heteroatoms. The summed E-state index contributed by atoms with van der Waals surface area (Å²) in [6.45, 7) is 0.